The molecule has 4 rings (SSSR count). The summed E-state index contributed by atoms with van der Waals surface area (Å²) in [6.45, 7) is 3.08. The topological polar surface area (TPSA) is 138 Å². The molecule has 2 fully saturated rings. The van der Waals surface area contributed by atoms with Gasteiger partial charge < -0.3 is 24.7 Å². The molecule has 2 aromatic rings. The van der Waals surface area contributed by atoms with Gasteiger partial charge in [0.25, 0.3) is 0 Å². The van der Waals surface area contributed by atoms with E-state index < -0.39 is 24.3 Å². The Morgan fingerprint density at radius 2 is 1.70 bits per heavy atom. The molecule has 3 N–H and O–H groups in total. The molecule has 1 aliphatic carbocycles. The van der Waals surface area contributed by atoms with Crippen LogP contribution in [0.3, 0.4) is 0 Å². The van der Waals surface area contributed by atoms with Crippen molar-refractivity contribution in [3.8, 4) is 0 Å². The third-order valence-electron chi connectivity index (χ3n) is 5.19. The van der Waals surface area contributed by atoms with Crippen LogP contribution in [0.4, 0.5) is 32.2 Å². The first kappa shape index (κ1) is 29.8. The average molecular weight is 542 g/mol. The van der Waals surface area contributed by atoms with Gasteiger partial charge in [0.1, 0.15) is 17.4 Å². The Labute approximate surface area is 206 Å². The van der Waals surface area contributed by atoms with E-state index in [0.29, 0.717) is 19.2 Å². The number of carboxylic acid groups (broad SMARTS) is 2. The summed E-state index contributed by atoms with van der Waals surface area (Å²) in [4.78, 5) is 29.5. The maximum atomic E-state index is 10.6. The highest BCUT2D eigenvalue weighted by Gasteiger charge is 2.39. The van der Waals surface area contributed by atoms with Gasteiger partial charge in [-0.05, 0) is 31.0 Å². The smallest absolute Gasteiger partial charge is 0.475 e. The standard InChI is InChI=1S/C17H22N4O2.2C2HF3O2/c1-3-13(4-1)21-8-10-22-12-15(21)17-18-7-6-16(20-17)19-11-14-5-2-9-23-14;2*3-2(4,5)1(6)7/h2,5-7,9,13,15H,1,3-4,8,10-12H2,(H,18,19,20);2*(H,6,7). The van der Waals surface area contributed by atoms with E-state index in [9.17, 15) is 26.3 Å². The van der Waals surface area contributed by atoms with Crippen molar-refractivity contribution in [3.05, 3.63) is 42.2 Å². The SMILES string of the molecule is O=C(O)C(F)(F)F.O=C(O)C(F)(F)F.c1coc(CNc2ccnc(C3COCCN3C3CCC3)n2)c1. The summed E-state index contributed by atoms with van der Waals surface area (Å²) in [7, 11) is 0. The summed E-state index contributed by atoms with van der Waals surface area (Å²) in [5.41, 5.74) is 0. The maximum Gasteiger partial charge on any atom is 0.490 e. The van der Waals surface area contributed by atoms with Crippen molar-refractivity contribution in [2.24, 2.45) is 0 Å². The fraction of sp³-hybridized carbons (Fsp3) is 0.524. The number of alkyl halides is 6. The summed E-state index contributed by atoms with van der Waals surface area (Å²) in [6, 6.07) is 6.57. The molecule has 0 bridgehead atoms. The Hall–Kier alpha value is -3.40. The second kappa shape index (κ2) is 13.2. The van der Waals surface area contributed by atoms with Gasteiger partial charge in [0, 0.05) is 18.8 Å². The first-order chi connectivity index (χ1) is 17.3. The molecule has 1 aliphatic heterocycles. The van der Waals surface area contributed by atoms with Crippen LogP contribution in [0.15, 0.2) is 35.1 Å². The highest BCUT2D eigenvalue weighted by atomic mass is 19.4. The number of carboxylic acids is 2. The third kappa shape index (κ3) is 9.87. The molecule has 1 atom stereocenters. The molecule has 3 heterocycles. The van der Waals surface area contributed by atoms with Gasteiger partial charge in [-0.1, -0.05) is 6.42 Å². The number of furan rings is 1. The minimum Gasteiger partial charge on any atom is -0.475 e. The van der Waals surface area contributed by atoms with Crippen molar-refractivity contribution in [1.82, 2.24) is 14.9 Å². The summed E-state index contributed by atoms with van der Waals surface area (Å²) in [5.74, 6) is -2.95. The molecular formula is C21H24F6N4O6. The van der Waals surface area contributed by atoms with Gasteiger partial charge in [0.2, 0.25) is 0 Å². The molecule has 0 spiro atoms. The minimum atomic E-state index is -5.08. The largest absolute Gasteiger partial charge is 0.490 e. The number of aromatic nitrogens is 2. The molecule has 2 aliphatic rings. The number of hydrogen-bond donors (Lipinski definition) is 3. The van der Waals surface area contributed by atoms with E-state index in [-0.39, 0.29) is 6.04 Å². The van der Waals surface area contributed by atoms with E-state index in [1.54, 1.807) is 6.26 Å². The van der Waals surface area contributed by atoms with Gasteiger partial charge in [-0.2, -0.15) is 26.3 Å². The van der Waals surface area contributed by atoms with Crippen molar-refractivity contribution in [2.75, 3.05) is 25.1 Å². The number of hydrogen-bond acceptors (Lipinski definition) is 8. The summed E-state index contributed by atoms with van der Waals surface area (Å²) in [5, 5.41) is 17.5. The second-order valence-electron chi connectivity index (χ2n) is 7.75. The Kier molecular flexibility index (Phi) is 10.7. The fourth-order valence-corrected chi connectivity index (χ4v) is 3.22. The van der Waals surface area contributed by atoms with Gasteiger partial charge >= 0.3 is 24.3 Å². The van der Waals surface area contributed by atoms with Crippen molar-refractivity contribution >= 4 is 17.8 Å². The first-order valence-corrected chi connectivity index (χ1v) is 10.8. The lowest BCUT2D eigenvalue weighted by Gasteiger charge is -2.44. The summed E-state index contributed by atoms with van der Waals surface area (Å²) >= 11 is 0. The van der Waals surface area contributed by atoms with E-state index in [0.717, 1.165) is 30.6 Å². The normalized spacial score (nSPS) is 18.4. The molecule has 0 amide bonds. The van der Waals surface area contributed by atoms with Gasteiger partial charge in [0.15, 0.2) is 0 Å². The summed E-state index contributed by atoms with van der Waals surface area (Å²) < 4.78 is 74.5. The van der Waals surface area contributed by atoms with Crippen LogP contribution in [0, 0.1) is 0 Å². The lowest BCUT2D eigenvalue weighted by Crippen LogP contribution is -2.49. The molecule has 37 heavy (non-hydrogen) atoms. The number of rotatable bonds is 5. The number of anilines is 1. The highest BCUT2D eigenvalue weighted by Crippen LogP contribution is 2.33. The summed E-state index contributed by atoms with van der Waals surface area (Å²) in [6.07, 6.45) is -2.77. The van der Waals surface area contributed by atoms with Gasteiger partial charge in [-0.3, -0.25) is 4.90 Å². The Morgan fingerprint density at radius 3 is 2.19 bits per heavy atom. The molecule has 1 unspecified atom stereocenters. The number of aliphatic carboxylic acids is 2. The van der Waals surface area contributed by atoms with Gasteiger partial charge in [-0.25, -0.2) is 19.6 Å². The number of ether oxygens (including phenoxy) is 1. The number of nitrogens with zero attached hydrogens (tertiary/aromatic N) is 3. The minimum absolute atomic E-state index is 0.166. The molecule has 10 nitrogen and oxygen atoms in total. The zero-order valence-corrected chi connectivity index (χ0v) is 19.1. The Balaban J connectivity index is 0.000000286. The van der Waals surface area contributed by atoms with Gasteiger partial charge in [-0.15, -0.1) is 0 Å². The van der Waals surface area contributed by atoms with E-state index in [1.807, 2.05) is 24.4 Å². The van der Waals surface area contributed by atoms with Crippen LogP contribution in [0.2, 0.25) is 0 Å². The lowest BCUT2D eigenvalue weighted by molar-refractivity contribution is -0.193. The predicted octanol–water partition coefficient (Wildman–Crippen LogP) is 3.87. The van der Waals surface area contributed by atoms with Crippen LogP contribution in [-0.2, 0) is 20.9 Å². The predicted molar refractivity (Wildman–Crippen MR) is 113 cm³/mol. The molecule has 206 valence electrons. The molecule has 2 aromatic heterocycles. The highest BCUT2D eigenvalue weighted by molar-refractivity contribution is 5.73. The molecule has 16 heteroatoms. The van der Waals surface area contributed by atoms with Crippen LogP contribution in [-0.4, -0.2) is 75.2 Å². The van der Waals surface area contributed by atoms with Crippen LogP contribution >= 0.6 is 0 Å². The van der Waals surface area contributed by atoms with Crippen molar-refractivity contribution in [2.45, 2.75) is 50.2 Å². The monoisotopic (exact) mass is 542 g/mol. The molecular weight excluding hydrogens is 518 g/mol. The molecule has 0 radical (unpaired) electrons. The first-order valence-electron chi connectivity index (χ1n) is 10.8. The number of morpholine rings is 1. The number of halogens is 6. The third-order valence-corrected chi connectivity index (χ3v) is 5.19. The molecule has 0 aromatic carbocycles. The molecule has 1 saturated heterocycles. The Bertz CT molecular complexity index is 974. The van der Waals surface area contributed by atoms with Crippen molar-refractivity contribution in [1.29, 1.82) is 0 Å². The van der Waals surface area contributed by atoms with E-state index in [4.69, 9.17) is 33.9 Å². The van der Waals surface area contributed by atoms with Crippen molar-refractivity contribution < 1.29 is 55.3 Å². The average Bonchev–Trinajstić information content (AvgIpc) is 3.30. The fourth-order valence-electron chi connectivity index (χ4n) is 3.22. The van der Waals surface area contributed by atoms with Crippen molar-refractivity contribution in [3.63, 3.8) is 0 Å². The molecule has 1 saturated carbocycles. The maximum absolute atomic E-state index is 10.6. The van der Waals surface area contributed by atoms with Crippen LogP contribution in [0.1, 0.15) is 36.9 Å². The zero-order chi connectivity index (χ0) is 27.6. The lowest BCUT2D eigenvalue weighted by atomic mass is 9.90. The quantitative estimate of drug-likeness (QED) is 0.478. The number of carbonyl (C=O) groups is 2. The number of nitrogens with one attached hydrogen (secondary N) is 1. The van der Waals surface area contributed by atoms with E-state index in [2.05, 4.69) is 15.2 Å². The van der Waals surface area contributed by atoms with Crippen LogP contribution < -0.4 is 5.32 Å². The van der Waals surface area contributed by atoms with E-state index >= 15 is 0 Å². The second-order valence-corrected chi connectivity index (χ2v) is 7.75. The zero-order valence-electron chi connectivity index (χ0n) is 19.1. The van der Waals surface area contributed by atoms with E-state index in [1.165, 1.54) is 19.3 Å². The van der Waals surface area contributed by atoms with Gasteiger partial charge in [0.05, 0.1) is 32.1 Å². The Morgan fingerprint density at radius 1 is 1.08 bits per heavy atom. The van der Waals surface area contributed by atoms with Crippen LogP contribution in [0.5, 0.6) is 0 Å². The van der Waals surface area contributed by atoms with Crippen LogP contribution in [0.25, 0.3) is 0 Å².